The van der Waals surface area contributed by atoms with Crippen LogP contribution in [0.1, 0.15) is 10.4 Å². The Balaban J connectivity index is 2.34. The second kappa shape index (κ2) is 6.29. The van der Waals surface area contributed by atoms with Gasteiger partial charge in [-0.2, -0.15) is 0 Å². The number of hydrogen-bond acceptors (Lipinski definition) is 2. The molecular formula is C15H14BrClN2O. The number of benzene rings is 2. The first kappa shape index (κ1) is 14.9. The summed E-state index contributed by atoms with van der Waals surface area (Å²) in [7, 11) is 3.77. The maximum Gasteiger partial charge on any atom is 0.256 e. The van der Waals surface area contributed by atoms with E-state index in [0.717, 1.165) is 10.2 Å². The van der Waals surface area contributed by atoms with Crippen LogP contribution < -0.4 is 10.2 Å². The second-order valence-electron chi connectivity index (χ2n) is 4.46. The van der Waals surface area contributed by atoms with Gasteiger partial charge in [0.2, 0.25) is 0 Å². The summed E-state index contributed by atoms with van der Waals surface area (Å²) < 4.78 is 0.755. The third-order valence-electron chi connectivity index (χ3n) is 2.80. The van der Waals surface area contributed by atoms with Gasteiger partial charge in [-0.3, -0.25) is 4.79 Å². The standard InChI is InChI=1S/C15H14BrClN2O/c1-19(2)14-12(17)8-5-9-13(14)18-15(20)10-6-3-4-7-11(10)16/h3-9H,1-2H3,(H,18,20). The van der Waals surface area contributed by atoms with Gasteiger partial charge in [-0.05, 0) is 40.2 Å². The number of amides is 1. The maximum absolute atomic E-state index is 12.3. The maximum atomic E-state index is 12.3. The van der Waals surface area contributed by atoms with Gasteiger partial charge in [0.25, 0.3) is 5.91 Å². The first-order valence-corrected chi connectivity index (χ1v) is 7.19. The van der Waals surface area contributed by atoms with Gasteiger partial charge in [-0.25, -0.2) is 0 Å². The summed E-state index contributed by atoms with van der Waals surface area (Å²) in [6.07, 6.45) is 0. The van der Waals surface area contributed by atoms with E-state index in [0.29, 0.717) is 16.3 Å². The lowest BCUT2D eigenvalue weighted by molar-refractivity contribution is 0.102. The zero-order chi connectivity index (χ0) is 14.7. The summed E-state index contributed by atoms with van der Waals surface area (Å²) in [5.41, 5.74) is 2.05. The molecule has 0 fully saturated rings. The minimum Gasteiger partial charge on any atom is -0.375 e. The average molecular weight is 354 g/mol. The smallest absolute Gasteiger partial charge is 0.256 e. The zero-order valence-corrected chi connectivity index (χ0v) is 13.5. The fourth-order valence-electron chi connectivity index (χ4n) is 1.91. The Hall–Kier alpha value is -1.52. The van der Waals surface area contributed by atoms with Crippen LogP contribution in [0.4, 0.5) is 11.4 Å². The summed E-state index contributed by atoms with van der Waals surface area (Å²) in [5.74, 6) is -0.178. The molecule has 2 rings (SSSR count). The van der Waals surface area contributed by atoms with Crippen LogP contribution in [0, 0.1) is 0 Å². The first-order valence-electron chi connectivity index (χ1n) is 6.02. The highest BCUT2D eigenvalue weighted by molar-refractivity contribution is 9.10. The van der Waals surface area contributed by atoms with E-state index in [2.05, 4.69) is 21.2 Å². The highest BCUT2D eigenvalue weighted by atomic mass is 79.9. The Morgan fingerprint density at radius 1 is 1.15 bits per heavy atom. The van der Waals surface area contributed by atoms with Crippen LogP contribution in [-0.4, -0.2) is 20.0 Å². The van der Waals surface area contributed by atoms with Gasteiger partial charge in [0.15, 0.2) is 0 Å². The van der Waals surface area contributed by atoms with Gasteiger partial charge < -0.3 is 10.2 Å². The lowest BCUT2D eigenvalue weighted by Crippen LogP contribution is -2.17. The molecule has 0 aliphatic heterocycles. The van der Waals surface area contributed by atoms with E-state index in [4.69, 9.17) is 11.6 Å². The molecule has 1 amide bonds. The Labute approximate surface area is 131 Å². The van der Waals surface area contributed by atoms with Crippen molar-refractivity contribution in [3.05, 3.63) is 57.5 Å². The van der Waals surface area contributed by atoms with Gasteiger partial charge in [0, 0.05) is 18.6 Å². The fraction of sp³-hybridized carbons (Fsp3) is 0.133. The number of halogens is 2. The van der Waals surface area contributed by atoms with Crippen molar-refractivity contribution in [2.75, 3.05) is 24.3 Å². The molecule has 0 bridgehead atoms. The molecule has 0 aromatic heterocycles. The van der Waals surface area contributed by atoms with E-state index < -0.39 is 0 Å². The van der Waals surface area contributed by atoms with Crippen molar-refractivity contribution in [2.24, 2.45) is 0 Å². The molecule has 2 aromatic carbocycles. The van der Waals surface area contributed by atoms with E-state index in [1.165, 1.54) is 0 Å². The quantitative estimate of drug-likeness (QED) is 0.886. The van der Waals surface area contributed by atoms with Crippen molar-refractivity contribution in [3.8, 4) is 0 Å². The SMILES string of the molecule is CN(C)c1c(Cl)cccc1NC(=O)c1ccccc1Br. The predicted molar refractivity (Wildman–Crippen MR) is 87.9 cm³/mol. The fourth-order valence-corrected chi connectivity index (χ4v) is 2.71. The number of nitrogens with one attached hydrogen (secondary N) is 1. The molecule has 0 aliphatic rings. The van der Waals surface area contributed by atoms with E-state index in [1.54, 1.807) is 12.1 Å². The van der Waals surface area contributed by atoms with Gasteiger partial charge in [0.05, 0.1) is 22.0 Å². The average Bonchev–Trinajstić information content (AvgIpc) is 2.38. The molecule has 0 heterocycles. The van der Waals surface area contributed by atoms with Crippen LogP contribution in [0.3, 0.4) is 0 Å². The second-order valence-corrected chi connectivity index (χ2v) is 5.73. The third-order valence-corrected chi connectivity index (χ3v) is 3.80. The molecular weight excluding hydrogens is 340 g/mol. The molecule has 0 saturated carbocycles. The minimum absolute atomic E-state index is 0.178. The van der Waals surface area contributed by atoms with Crippen LogP contribution in [0.5, 0.6) is 0 Å². The molecule has 0 atom stereocenters. The van der Waals surface area contributed by atoms with E-state index in [1.807, 2.05) is 49.3 Å². The van der Waals surface area contributed by atoms with Crippen molar-refractivity contribution in [2.45, 2.75) is 0 Å². The Bertz CT molecular complexity index is 644. The number of rotatable bonds is 3. The molecule has 0 aliphatic carbocycles. The van der Waals surface area contributed by atoms with Crippen molar-refractivity contribution in [1.29, 1.82) is 0 Å². The predicted octanol–water partition coefficient (Wildman–Crippen LogP) is 4.42. The van der Waals surface area contributed by atoms with Crippen LogP contribution in [0.2, 0.25) is 5.02 Å². The Kier molecular flexibility index (Phi) is 4.68. The number of nitrogens with zero attached hydrogens (tertiary/aromatic N) is 1. The number of anilines is 2. The van der Waals surface area contributed by atoms with Crippen LogP contribution in [-0.2, 0) is 0 Å². The highest BCUT2D eigenvalue weighted by Crippen LogP contribution is 2.33. The zero-order valence-electron chi connectivity index (χ0n) is 11.2. The van der Waals surface area contributed by atoms with Gasteiger partial charge in [0.1, 0.15) is 0 Å². The van der Waals surface area contributed by atoms with Crippen molar-refractivity contribution in [3.63, 3.8) is 0 Å². The van der Waals surface area contributed by atoms with Gasteiger partial charge in [-0.15, -0.1) is 0 Å². The number of carbonyl (C=O) groups is 1. The summed E-state index contributed by atoms with van der Waals surface area (Å²) in [6.45, 7) is 0. The summed E-state index contributed by atoms with van der Waals surface area (Å²) in [5, 5.41) is 3.49. The lowest BCUT2D eigenvalue weighted by Gasteiger charge is -2.19. The van der Waals surface area contributed by atoms with Crippen molar-refractivity contribution in [1.82, 2.24) is 0 Å². The summed E-state index contributed by atoms with van der Waals surface area (Å²) in [6, 6.07) is 12.7. The first-order chi connectivity index (χ1) is 9.50. The molecule has 0 radical (unpaired) electrons. The number of hydrogen-bond donors (Lipinski definition) is 1. The molecule has 20 heavy (non-hydrogen) atoms. The highest BCUT2D eigenvalue weighted by Gasteiger charge is 2.14. The number of carbonyl (C=O) groups excluding carboxylic acids is 1. The molecule has 0 spiro atoms. The van der Waals surface area contributed by atoms with E-state index >= 15 is 0 Å². The molecule has 3 nitrogen and oxygen atoms in total. The molecule has 104 valence electrons. The normalized spacial score (nSPS) is 10.2. The van der Waals surface area contributed by atoms with Gasteiger partial charge in [-0.1, -0.05) is 29.8 Å². The topological polar surface area (TPSA) is 32.3 Å². The molecule has 0 saturated heterocycles. The van der Waals surface area contributed by atoms with Crippen molar-refractivity contribution < 1.29 is 4.79 Å². The van der Waals surface area contributed by atoms with Crippen LogP contribution >= 0.6 is 27.5 Å². The minimum atomic E-state index is -0.178. The van der Waals surface area contributed by atoms with Crippen LogP contribution in [0.25, 0.3) is 0 Å². The summed E-state index contributed by atoms with van der Waals surface area (Å²) >= 11 is 9.56. The van der Waals surface area contributed by atoms with E-state index in [9.17, 15) is 4.79 Å². The monoisotopic (exact) mass is 352 g/mol. The lowest BCUT2D eigenvalue weighted by atomic mass is 10.2. The molecule has 0 unspecified atom stereocenters. The molecule has 2 aromatic rings. The van der Waals surface area contributed by atoms with E-state index in [-0.39, 0.29) is 5.91 Å². The largest absolute Gasteiger partial charge is 0.375 e. The third kappa shape index (κ3) is 3.14. The van der Waals surface area contributed by atoms with Crippen LogP contribution in [0.15, 0.2) is 46.9 Å². The Morgan fingerprint density at radius 3 is 2.50 bits per heavy atom. The summed E-state index contributed by atoms with van der Waals surface area (Å²) in [4.78, 5) is 14.2. The molecule has 1 N–H and O–H groups in total. The number of para-hydroxylation sites is 1. The Morgan fingerprint density at radius 2 is 1.85 bits per heavy atom. The van der Waals surface area contributed by atoms with Gasteiger partial charge >= 0.3 is 0 Å². The molecule has 5 heteroatoms. The van der Waals surface area contributed by atoms with Crippen molar-refractivity contribution >= 4 is 44.8 Å².